The number of H-pyrrole nitrogens is 2. The molecule has 10 nitrogen and oxygen atoms in total. The van der Waals surface area contributed by atoms with E-state index in [9.17, 15) is 9.59 Å². The number of piperidine rings is 2. The zero-order valence-corrected chi connectivity index (χ0v) is 22.6. The maximum atomic E-state index is 13.7. The summed E-state index contributed by atoms with van der Waals surface area (Å²) >= 11 is 0. The Bertz CT molecular complexity index is 1790. The lowest BCUT2D eigenvalue weighted by Gasteiger charge is -2.51. The normalized spacial score (nSPS) is 18.2. The number of amides is 2. The van der Waals surface area contributed by atoms with Crippen molar-refractivity contribution in [2.45, 2.75) is 24.9 Å². The molecule has 3 aliphatic rings. The molecule has 2 bridgehead atoms. The number of aromatic nitrogens is 6. The van der Waals surface area contributed by atoms with Gasteiger partial charge in [0.05, 0.1) is 22.1 Å². The summed E-state index contributed by atoms with van der Waals surface area (Å²) < 4.78 is 0. The summed E-state index contributed by atoms with van der Waals surface area (Å²) in [6, 6.07) is 26.3. The average Bonchev–Trinajstić information content (AvgIpc) is 3.69. The predicted octanol–water partition coefficient (Wildman–Crippen LogP) is 4.69. The molecule has 0 spiro atoms. The van der Waals surface area contributed by atoms with Gasteiger partial charge in [-0.15, -0.1) is 0 Å². The Kier molecular flexibility index (Phi) is 5.59. The second-order valence-corrected chi connectivity index (χ2v) is 10.8. The molecule has 0 saturated carbocycles. The molecule has 0 radical (unpaired) electrons. The molecule has 4 aromatic heterocycles. The minimum Gasteiger partial charge on any atom is -0.337 e. The van der Waals surface area contributed by atoms with Crippen molar-refractivity contribution in [1.29, 1.82) is 0 Å². The van der Waals surface area contributed by atoms with Crippen LogP contribution in [0.4, 0.5) is 0 Å². The molecule has 7 heterocycles. The number of hydrogen-bond donors (Lipinski definition) is 2. The molecular weight excluding hydrogens is 528 g/mol. The zero-order chi connectivity index (χ0) is 28.2. The van der Waals surface area contributed by atoms with E-state index >= 15 is 0 Å². The molecule has 3 fully saturated rings. The Labute approximate surface area is 240 Å². The fourth-order valence-electron chi connectivity index (χ4n) is 6.14. The molecule has 6 aromatic rings. The maximum absolute atomic E-state index is 13.7. The molecule has 9 rings (SSSR count). The number of aromatic amines is 2. The lowest BCUT2D eigenvalue weighted by Crippen LogP contribution is -2.65. The second kappa shape index (κ2) is 9.62. The summed E-state index contributed by atoms with van der Waals surface area (Å²) in [6.45, 7) is 0.935. The largest absolute Gasteiger partial charge is 0.337 e. The van der Waals surface area contributed by atoms with Crippen molar-refractivity contribution in [3.8, 4) is 23.0 Å². The summed E-state index contributed by atoms with van der Waals surface area (Å²) in [5, 5.41) is 0. The third-order valence-electron chi connectivity index (χ3n) is 8.25. The first kappa shape index (κ1) is 24.4. The summed E-state index contributed by atoms with van der Waals surface area (Å²) in [4.78, 5) is 56.3. The Balaban J connectivity index is 1.01. The van der Waals surface area contributed by atoms with Crippen molar-refractivity contribution >= 4 is 33.9 Å². The fraction of sp³-hybridized carbons (Fsp3) is 0.188. The Hall–Kier alpha value is -5.38. The molecule has 2 atom stereocenters. The molecule has 2 unspecified atom stereocenters. The Morgan fingerprint density at radius 3 is 1.45 bits per heavy atom. The summed E-state index contributed by atoms with van der Waals surface area (Å²) in [5.74, 6) is 1.000. The van der Waals surface area contributed by atoms with Gasteiger partial charge in [0.1, 0.15) is 22.8 Å². The summed E-state index contributed by atoms with van der Waals surface area (Å²) in [5.41, 5.74) is 5.52. The molecule has 2 amide bonds. The first-order valence-corrected chi connectivity index (χ1v) is 14.1. The van der Waals surface area contributed by atoms with Crippen molar-refractivity contribution in [1.82, 2.24) is 39.7 Å². The van der Waals surface area contributed by atoms with Crippen LogP contribution < -0.4 is 0 Å². The highest BCUT2D eigenvalue weighted by Gasteiger charge is 2.43. The van der Waals surface area contributed by atoms with E-state index in [0.29, 0.717) is 47.5 Å². The summed E-state index contributed by atoms with van der Waals surface area (Å²) in [7, 11) is 0. The number of carbonyl (C=O) groups excluding carboxylic acids is 2. The van der Waals surface area contributed by atoms with E-state index in [-0.39, 0.29) is 23.9 Å². The number of carbonyl (C=O) groups is 2. The number of piperazine rings is 1. The number of rotatable bonds is 4. The number of pyridine rings is 2. The van der Waals surface area contributed by atoms with Gasteiger partial charge in [0.25, 0.3) is 11.8 Å². The Morgan fingerprint density at radius 2 is 1.02 bits per heavy atom. The van der Waals surface area contributed by atoms with Crippen molar-refractivity contribution in [2.24, 2.45) is 0 Å². The monoisotopic (exact) mass is 554 g/mol. The van der Waals surface area contributed by atoms with Gasteiger partial charge in [-0.25, -0.2) is 19.9 Å². The van der Waals surface area contributed by atoms with Crippen LogP contribution in [0.15, 0.2) is 84.9 Å². The topological polar surface area (TPSA) is 124 Å². The maximum Gasteiger partial charge on any atom is 0.272 e. The van der Waals surface area contributed by atoms with Gasteiger partial charge in [-0.1, -0.05) is 36.4 Å². The van der Waals surface area contributed by atoms with Gasteiger partial charge in [-0.05, 0) is 61.4 Å². The molecule has 2 aromatic carbocycles. The van der Waals surface area contributed by atoms with Crippen LogP contribution in [0.3, 0.4) is 0 Å². The predicted molar refractivity (Wildman–Crippen MR) is 158 cm³/mol. The molecule has 3 aliphatic heterocycles. The van der Waals surface area contributed by atoms with Crippen LogP contribution in [0.2, 0.25) is 0 Å². The zero-order valence-electron chi connectivity index (χ0n) is 22.6. The minimum absolute atomic E-state index is 0.0818. The van der Waals surface area contributed by atoms with Gasteiger partial charge >= 0.3 is 0 Å². The number of hydrogen-bond acceptors (Lipinski definition) is 6. The average molecular weight is 555 g/mol. The van der Waals surface area contributed by atoms with E-state index in [1.165, 1.54) is 0 Å². The molecule has 10 heteroatoms. The van der Waals surface area contributed by atoms with Crippen molar-refractivity contribution in [3.63, 3.8) is 0 Å². The first-order chi connectivity index (χ1) is 20.6. The van der Waals surface area contributed by atoms with Crippen LogP contribution in [0.25, 0.3) is 45.1 Å². The van der Waals surface area contributed by atoms with Gasteiger partial charge in [-0.2, -0.15) is 0 Å². The molecule has 42 heavy (non-hydrogen) atoms. The van der Waals surface area contributed by atoms with Crippen LogP contribution in [-0.2, 0) is 0 Å². The number of benzene rings is 2. The summed E-state index contributed by atoms with van der Waals surface area (Å²) in [6.07, 6.45) is 1.69. The first-order valence-electron chi connectivity index (χ1n) is 14.1. The number of nitrogens with zero attached hydrogens (tertiary/aromatic N) is 6. The van der Waals surface area contributed by atoms with E-state index < -0.39 is 0 Å². The number of para-hydroxylation sites is 4. The quantitative estimate of drug-likeness (QED) is 0.326. The van der Waals surface area contributed by atoms with Crippen molar-refractivity contribution < 1.29 is 9.59 Å². The van der Waals surface area contributed by atoms with Gasteiger partial charge < -0.3 is 19.8 Å². The van der Waals surface area contributed by atoms with E-state index in [4.69, 9.17) is 0 Å². The van der Waals surface area contributed by atoms with Crippen LogP contribution in [0.1, 0.15) is 33.8 Å². The lowest BCUT2D eigenvalue weighted by molar-refractivity contribution is -0.00659. The highest BCUT2D eigenvalue weighted by Crippen LogP contribution is 2.31. The van der Waals surface area contributed by atoms with E-state index in [1.54, 1.807) is 12.1 Å². The van der Waals surface area contributed by atoms with Gasteiger partial charge in [-0.3, -0.25) is 9.59 Å². The number of fused-ring (bicyclic) bond motifs is 5. The molecule has 0 aliphatic carbocycles. The Morgan fingerprint density at radius 1 is 0.571 bits per heavy atom. The van der Waals surface area contributed by atoms with Crippen LogP contribution >= 0.6 is 0 Å². The highest BCUT2D eigenvalue weighted by molar-refractivity contribution is 5.95. The van der Waals surface area contributed by atoms with Crippen molar-refractivity contribution in [2.75, 3.05) is 13.1 Å². The number of imidazole rings is 2. The van der Waals surface area contributed by atoms with E-state index in [2.05, 4.69) is 29.9 Å². The third-order valence-corrected chi connectivity index (χ3v) is 8.25. The van der Waals surface area contributed by atoms with Gasteiger partial charge in [0, 0.05) is 25.2 Å². The van der Waals surface area contributed by atoms with E-state index in [1.807, 2.05) is 82.6 Å². The standard InChI is InChI=1S/C32H26N8O2/c41-31(27-13-5-11-25(33-27)29-35-21-7-1-2-8-22(21)36-29)39-17-20-16-15-19(39)18-40(20)32(42)28-14-6-12-26(34-28)30-37-23-9-3-4-10-24(23)38-30/h1-14,19-20H,15-18H2,(H,35,36)(H,37,38). The van der Waals surface area contributed by atoms with Crippen molar-refractivity contribution in [3.05, 3.63) is 96.3 Å². The van der Waals surface area contributed by atoms with E-state index in [0.717, 1.165) is 34.9 Å². The molecule has 3 saturated heterocycles. The lowest BCUT2D eigenvalue weighted by atomic mass is 9.90. The smallest absolute Gasteiger partial charge is 0.272 e. The molecular formula is C32H26N8O2. The van der Waals surface area contributed by atoms with Crippen LogP contribution in [-0.4, -0.2) is 76.7 Å². The highest BCUT2D eigenvalue weighted by atomic mass is 16.2. The molecule has 206 valence electrons. The SMILES string of the molecule is O=C(c1cccc(-c2nc3ccccc3[nH]2)n1)N1CC2CCC1CN2C(=O)c1cccc(-c2nc3ccccc3[nH]2)n1. The van der Waals surface area contributed by atoms with Gasteiger partial charge in [0.2, 0.25) is 0 Å². The number of nitrogens with one attached hydrogen (secondary N) is 2. The van der Waals surface area contributed by atoms with Crippen LogP contribution in [0, 0.1) is 0 Å². The minimum atomic E-state index is -0.125. The third kappa shape index (κ3) is 4.11. The van der Waals surface area contributed by atoms with Crippen LogP contribution in [0.5, 0.6) is 0 Å². The fourth-order valence-corrected chi connectivity index (χ4v) is 6.14. The second-order valence-electron chi connectivity index (χ2n) is 10.8. The van der Waals surface area contributed by atoms with Gasteiger partial charge in [0.15, 0.2) is 11.6 Å². The molecule has 2 N–H and O–H groups in total.